The number of carbonyl (C=O) groups is 1. The van der Waals surface area contributed by atoms with Crippen LogP contribution in [-0.4, -0.2) is 20.4 Å². The SMILES string of the molecule is CC(C)CCCC(=O)Nc1ccc2c(c1)CC1CCC(C2)C1NS(=O)(=O)c1ccccc1. The third-order valence-electron chi connectivity index (χ3n) is 6.91. The first kappa shape index (κ1) is 23.0. The number of hydrogen-bond acceptors (Lipinski definition) is 3. The summed E-state index contributed by atoms with van der Waals surface area (Å²) in [6.45, 7) is 4.34. The molecule has 3 unspecified atom stereocenters. The van der Waals surface area contributed by atoms with E-state index in [0.717, 1.165) is 44.2 Å². The van der Waals surface area contributed by atoms with E-state index in [2.05, 4.69) is 36.0 Å². The maximum atomic E-state index is 12.9. The van der Waals surface area contributed by atoms with Crippen molar-refractivity contribution < 1.29 is 13.2 Å². The average Bonchev–Trinajstić information content (AvgIpc) is 3.02. The van der Waals surface area contributed by atoms with Crippen molar-refractivity contribution in [3.8, 4) is 0 Å². The Morgan fingerprint density at radius 2 is 1.69 bits per heavy atom. The lowest BCUT2D eigenvalue weighted by molar-refractivity contribution is -0.116. The van der Waals surface area contributed by atoms with E-state index in [-0.39, 0.29) is 17.9 Å². The Hall–Kier alpha value is -2.18. The third kappa shape index (κ3) is 5.41. The van der Waals surface area contributed by atoms with Crippen LogP contribution in [0.25, 0.3) is 0 Å². The number of amides is 1. The number of sulfonamides is 1. The first-order valence-corrected chi connectivity index (χ1v) is 13.3. The van der Waals surface area contributed by atoms with Crippen LogP contribution in [0.4, 0.5) is 5.69 Å². The van der Waals surface area contributed by atoms with E-state index in [4.69, 9.17) is 0 Å². The monoisotopic (exact) mass is 454 g/mol. The highest BCUT2D eigenvalue weighted by molar-refractivity contribution is 7.89. The summed E-state index contributed by atoms with van der Waals surface area (Å²) in [5.74, 6) is 1.25. The second kappa shape index (κ2) is 9.75. The molecular formula is C26H34N2O3S. The normalized spacial score (nSPS) is 22.4. The fourth-order valence-electron chi connectivity index (χ4n) is 5.22. The molecule has 0 radical (unpaired) electrons. The van der Waals surface area contributed by atoms with Gasteiger partial charge < -0.3 is 5.32 Å². The molecular weight excluding hydrogens is 420 g/mol. The Kier molecular flexibility index (Phi) is 7.01. The smallest absolute Gasteiger partial charge is 0.240 e. The van der Waals surface area contributed by atoms with Gasteiger partial charge in [-0.3, -0.25) is 4.79 Å². The number of anilines is 1. The molecule has 3 atom stereocenters. The van der Waals surface area contributed by atoms with Gasteiger partial charge in [-0.25, -0.2) is 13.1 Å². The number of nitrogens with one attached hydrogen (secondary N) is 2. The first-order chi connectivity index (χ1) is 15.3. The summed E-state index contributed by atoms with van der Waals surface area (Å²) >= 11 is 0. The van der Waals surface area contributed by atoms with Crippen LogP contribution >= 0.6 is 0 Å². The van der Waals surface area contributed by atoms with Crippen LogP contribution in [0.2, 0.25) is 0 Å². The van der Waals surface area contributed by atoms with Crippen LogP contribution in [0.5, 0.6) is 0 Å². The van der Waals surface area contributed by atoms with Crippen molar-refractivity contribution in [1.29, 1.82) is 0 Å². The van der Waals surface area contributed by atoms with E-state index in [1.165, 1.54) is 11.1 Å². The molecule has 1 amide bonds. The van der Waals surface area contributed by atoms with Gasteiger partial charge in [-0.1, -0.05) is 44.5 Å². The first-order valence-electron chi connectivity index (χ1n) is 11.8. The lowest BCUT2D eigenvalue weighted by Gasteiger charge is -2.23. The van der Waals surface area contributed by atoms with Gasteiger partial charge in [-0.2, -0.15) is 0 Å². The number of fused-ring (bicyclic) bond motifs is 3. The van der Waals surface area contributed by atoms with E-state index in [1.54, 1.807) is 24.3 Å². The number of benzene rings is 2. The van der Waals surface area contributed by atoms with E-state index in [0.29, 0.717) is 23.2 Å². The summed E-state index contributed by atoms with van der Waals surface area (Å²) < 4.78 is 28.9. The minimum absolute atomic E-state index is 0.0540. The van der Waals surface area contributed by atoms with E-state index in [1.807, 2.05) is 12.1 Å². The average molecular weight is 455 g/mol. The minimum atomic E-state index is -3.54. The minimum Gasteiger partial charge on any atom is -0.326 e. The molecule has 1 fully saturated rings. The molecule has 2 aromatic rings. The largest absolute Gasteiger partial charge is 0.326 e. The van der Waals surface area contributed by atoms with Gasteiger partial charge in [0.05, 0.1) is 4.90 Å². The van der Waals surface area contributed by atoms with Crippen LogP contribution in [-0.2, 0) is 27.7 Å². The maximum Gasteiger partial charge on any atom is 0.240 e. The molecule has 4 rings (SSSR count). The molecule has 0 aliphatic heterocycles. The zero-order valence-electron chi connectivity index (χ0n) is 19.0. The second-order valence-electron chi connectivity index (χ2n) is 9.78. The molecule has 172 valence electrons. The Labute approximate surface area is 192 Å². The molecule has 2 aromatic carbocycles. The molecule has 2 aliphatic rings. The van der Waals surface area contributed by atoms with Gasteiger partial charge in [0.25, 0.3) is 0 Å². The highest BCUT2D eigenvalue weighted by Crippen LogP contribution is 2.41. The maximum absolute atomic E-state index is 12.9. The number of rotatable bonds is 8. The van der Waals surface area contributed by atoms with E-state index < -0.39 is 10.0 Å². The third-order valence-corrected chi connectivity index (χ3v) is 8.38. The number of hydrogen-bond donors (Lipinski definition) is 2. The van der Waals surface area contributed by atoms with Crippen molar-refractivity contribution >= 4 is 21.6 Å². The summed E-state index contributed by atoms with van der Waals surface area (Å²) in [5, 5.41) is 3.05. The van der Waals surface area contributed by atoms with Gasteiger partial charge in [0.15, 0.2) is 0 Å². The molecule has 0 saturated heterocycles. The van der Waals surface area contributed by atoms with Crippen molar-refractivity contribution in [1.82, 2.24) is 4.72 Å². The van der Waals surface area contributed by atoms with Crippen LogP contribution in [0, 0.1) is 17.8 Å². The highest BCUT2D eigenvalue weighted by Gasteiger charge is 2.41. The van der Waals surface area contributed by atoms with Gasteiger partial charge >= 0.3 is 0 Å². The molecule has 6 heteroatoms. The van der Waals surface area contributed by atoms with Crippen molar-refractivity contribution in [2.75, 3.05) is 5.32 Å². The van der Waals surface area contributed by atoms with Crippen LogP contribution < -0.4 is 10.0 Å². The Morgan fingerprint density at radius 1 is 1.00 bits per heavy atom. The molecule has 2 aliphatic carbocycles. The summed E-state index contributed by atoms with van der Waals surface area (Å²) in [6, 6.07) is 14.8. The highest BCUT2D eigenvalue weighted by atomic mass is 32.2. The standard InChI is InChI=1S/C26H34N2O3S/c1-18(2)7-6-10-25(29)27-23-14-13-19-15-20-11-12-21(16-22(19)17-23)26(20)28-32(30,31)24-8-4-3-5-9-24/h3-5,8-9,13-14,17-18,20-21,26,28H,6-7,10-12,15-16H2,1-2H3,(H,27,29). The molecule has 0 spiro atoms. The van der Waals surface area contributed by atoms with Gasteiger partial charge in [0.2, 0.25) is 15.9 Å². The molecule has 32 heavy (non-hydrogen) atoms. The summed E-state index contributed by atoms with van der Waals surface area (Å²) in [6.07, 6.45) is 6.28. The van der Waals surface area contributed by atoms with Crippen LogP contribution in [0.3, 0.4) is 0 Å². The quantitative estimate of drug-likeness (QED) is 0.594. The fourth-order valence-corrected chi connectivity index (χ4v) is 6.62. The Balaban J connectivity index is 1.45. The van der Waals surface area contributed by atoms with Gasteiger partial charge in [-0.15, -0.1) is 0 Å². The molecule has 5 nitrogen and oxygen atoms in total. The van der Waals surface area contributed by atoms with Gasteiger partial charge in [-0.05, 0) is 85.3 Å². The topological polar surface area (TPSA) is 75.3 Å². The van der Waals surface area contributed by atoms with Gasteiger partial charge in [0, 0.05) is 18.2 Å². The Bertz CT molecular complexity index is 1050. The molecule has 2 N–H and O–H groups in total. The zero-order chi connectivity index (χ0) is 22.7. The zero-order valence-corrected chi connectivity index (χ0v) is 19.8. The predicted octanol–water partition coefficient (Wildman–Crippen LogP) is 4.92. The Morgan fingerprint density at radius 3 is 2.38 bits per heavy atom. The molecule has 0 heterocycles. The van der Waals surface area contributed by atoms with Crippen molar-refractivity contribution in [2.24, 2.45) is 17.8 Å². The van der Waals surface area contributed by atoms with Crippen molar-refractivity contribution in [3.63, 3.8) is 0 Å². The predicted molar refractivity (Wildman–Crippen MR) is 128 cm³/mol. The number of carbonyl (C=O) groups excluding carboxylic acids is 1. The second-order valence-corrected chi connectivity index (χ2v) is 11.5. The molecule has 0 aromatic heterocycles. The van der Waals surface area contributed by atoms with E-state index >= 15 is 0 Å². The summed E-state index contributed by atoms with van der Waals surface area (Å²) in [5.41, 5.74) is 3.36. The van der Waals surface area contributed by atoms with Crippen molar-refractivity contribution in [3.05, 3.63) is 59.7 Å². The summed E-state index contributed by atoms with van der Waals surface area (Å²) in [4.78, 5) is 12.6. The van der Waals surface area contributed by atoms with Crippen LogP contribution in [0.15, 0.2) is 53.4 Å². The van der Waals surface area contributed by atoms with Crippen LogP contribution in [0.1, 0.15) is 57.1 Å². The lowest BCUT2D eigenvalue weighted by Crippen LogP contribution is -2.41. The fraction of sp³-hybridized carbons (Fsp3) is 0.500. The molecule has 1 saturated carbocycles. The molecule has 2 bridgehead atoms. The van der Waals surface area contributed by atoms with Gasteiger partial charge in [0.1, 0.15) is 0 Å². The lowest BCUT2D eigenvalue weighted by atomic mass is 9.93. The van der Waals surface area contributed by atoms with E-state index in [9.17, 15) is 13.2 Å². The summed E-state index contributed by atoms with van der Waals surface area (Å²) in [7, 11) is -3.54. The van der Waals surface area contributed by atoms with Crippen molar-refractivity contribution in [2.45, 2.75) is 69.7 Å².